The monoisotopic (exact) mass is 270 g/mol. The third-order valence-electron chi connectivity index (χ3n) is 4.00. The first-order valence-corrected chi connectivity index (χ1v) is 6.88. The summed E-state index contributed by atoms with van der Waals surface area (Å²) in [5, 5.41) is 0. The minimum absolute atomic E-state index is 0.00671. The van der Waals surface area contributed by atoms with E-state index in [1.54, 1.807) is 14.2 Å². The molecular weight excluding hydrogens is 248 g/mol. The van der Waals surface area contributed by atoms with E-state index in [1.807, 2.05) is 12.1 Å². The van der Waals surface area contributed by atoms with Gasteiger partial charge < -0.3 is 9.47 Å². The molecule has 0 amide bonds. The summed E-state index contributed by atoms with van der Waals surface area (Å²) in [6.45, 7) is 2.68. The van der Waals surface area contributed by atoms with E-state index in [1.165, 1.54) is 11.1 Å². The third kappa shape index (κ3) is 2.62. The molecule has 2 heteroatoms. The van der Waals surface area contributed by atoms with Gasteiger partial charge in [0.25, 0.3) is 0 Å². The van der Waals surface area contributed by atoms with Gasteiger partial charge in [0, 0.05) is 14.2 Å². The second-order valence-electron chi connectivity index (χ2n) is 5.01. The van der Waals surface area contributed by atoms with Gasteiger partial charge in [-0.3, -0.25) is 0 Å². The van der Waals surface area contributed by atoms with Crippen molar-refractivity contribution in [3.05, 3.63) is 71.8 Å². The molecule has 0 heterocycles. The molecule has 0 fully saturated rings. The number of rotatable bonds is 6. The van der Waals surface area contributed by atoms with Crippen LogP contribution in [0, 0.1) is 0 Å². The molecule has 0 aliphatic rings. The van der Waals surface area contributed by atoms with Crippen molar-refractivity contribution in [2.75, 3.05) is 20.8 Å². The Kier molecular flexibility index (Phi) is 4.94. The summed E-state index contributed by atoms with van der Waals surface area (Å²) in [6.07, 6.45) is 0.00671. The average molecular weight is 270 g/mol. The Morgan fingerprint density at radius 3 is 1.65 bits per heavy atom. The lowest BCUT2D eigenvalue weighted by Crippen LogP contribution is -2.44. The molecule has 0 bridgehead atoms. The van der Waals surface area contributed by atoms with Crippen molar-refractivity contribution in [1.29, 1.82) is 0 Å². The molecular formula is C18H22O2. The van der Waals surface area contributed by atoms with Gasteiger partial charge >= 0.3 is 0 Å². The summed E-state index contributed by atoms with van der Waals surface area (Å²) in [5.74, 6) is 0. The second-order valence-corrected chi connectivity index (χ2v) is 5.01. The maximum Gasteiger partial charge on any atom is 0.0702 e. The van der Waals surface area contributed by atoms with Gasteiger partial charge in [0.05, 0.1) is 18.1 Å². The van der Waals surface area contributed by atoms with Gasteiger partial charge in [0.1, 0.15) is 0 Å². The summed E-state index contributed by atoms with van der Waals surface area (Å²) in [4.78, 5) is 0. The van der Waals surface area contributed by atoms with Gasteiger partial charge in [-0.25, -0.2) is 0 Å². The van der Waals surface area contributed by atoms with Crippen LogP contribution in [-0.2, 0) is 14.9 Å². The Hall–Kier alpha value is -1.64. The van der Waals surface area contributed by atoms with Crippen LogP contribution >= 0.6 is 0 Å². The highest BCUT2D eigenvalue weighted by molar-refractivity contribution is 5.41. The van der Waals surface area contributed by atoms with E-state index < -0.39 is 0 Å². The molecule has 0 radical (unpaired) electrons. The van der Waals surface area contributed by atoms with Crippen LogP contribution in [0.4, 0.5) is 0 Å². The standard InChI is InChI=1S/C18H22O2/c1-15(20-3)18(14-19-2,16-10-6-4-7-11-16)17-12-8-5-9-13-17/h4-13,15H,14H2,1-3H3. The molecule has 0 spiro atoms. The van der Waals surface area contributed by atoms with Crippen LogP contribution in [-0.4, -0.2) is 26.9 Å². The van der Waals surface area contributed by atoms with Crippen molar-refractivity contribution in [3.8, 4) is 0 Å². The van der Waals surface area contributed by atoms with Gasteiger partial charge in [0.2, 0.25) is 0 Å². The number of methoxy groups -OCH3 is 2. The Bertz CT molecular complexity index is 468. The van der Waals surface area contributed by atoms with E-state index in [2.05, 4.69) is 55.5 Å². The number of ether oxygens (including phenoxy) is 2. The van der Waals surface area contributed by atoms with E-state index in [0.29, 0.717) is 6.61 Å². The predicted octanol–water partition coefficient (Wildman–Crippen LogP) is 3.65. The summed E-state index contributed by atoms with van der Waals surface area (Å²) >= 11 is 0. The smallest absolute Gasteiger partial charge is 0.0702 e. The number of benzene rings is 2. The molecule has 1 atom stereocenters. The SMILES string of the molecule is COCC(c1ccccc1)(c1ccccc1)C(C)OC. The second kappa shape index (κ2) is 6.69. The lowest BCUT2D eigenvalue weighted by atomic mass is 9.71. The van der Waals surface area contributed by atoms with Crippen molar-refractivity contribution in [2.24, 2.45) is 0 Å². The molecule has 20 heavy (non-hydrogen) atoms. The Morgan fingerprint density at radius 2 is 1.30 bits per heavy atom. The predicted molar refractivity (Wildman–Crippen MR) is 82.0 cm³/mol. The van der Waals surface area contributed by atoms with Crippen molar-refractivity contribution in [3.63, 3.8) is 0 Å². The van der Waals surface area contributed by atoms with Gasteiger partial charge in [-0.2, -0.15) is 0 Å². The first-order valence-electron chi connectivity index (χ1n) is 6.88. The zero-order valence-electron chi connectivity index (χ0n) is 12.4. The van der Waals surface area contributed by atoms with Gasteiger partial charge in [-0.05, 0) is 18.1 Å². The normalized spacial score (nSPS) is 13.2. The fourth-order valence-corrected chi connectivity index (χ4v) is 2.82. The molecule has 2 aromatic carbocycles. The molecule has 106 valence electrons. The zero-order chi connectivity index (χ0) is 14.4. The Balaban J connectivity index is 2.63. The maximum atomic E-state index is 5.70. The van der Waals surface area contributed by atoms with Crippen molar-refractivity contribution < 1.29 is 9.47 Å². The number of hydrogen-bond acceptors (Lipinski definition) is 2. The van der Waals surface area contributed by atoms with E-state index in [4.69, 9.17) is 9.47 Å². The molecule has 0 saturated heterocycles. The van der Waals surface area contributed by atoms with E-state index >= 15 is 0 Å². The summed E-state index contributed by atoms with van der Waals surface area (Å²) < 4.78 is 11.3. The highest BCUT2D eigenvalue weighted by Crippen LogP contribution is 2.37. The number of hydrogen-bond donors (Lipinski definition) is 0. The molecule has 2 nitrogen and oxygen atoms in total. The topological polar surface area (TPSA) is 18.5 Å². The van der Waals surface area contributed by atoms with E-state index in [0.717, 1.165) is 0 Å². The minimum atomic E-state index is -0.300. The summed E-state index contributed by atoms with van der Waals surface area (Å²) in [5.41, 5.74) is 2.12. The van der Waals surface area contributed by atoms with Gasteiger partial charge in [0.15, 0.2) is 0 Å². The lowest BCUT2D eigenvalue weighted by Gasteiger charge is -2.39. The van der Waals surface area contributed by atoms with Gasteiger partial charge in [-0.1, -0.05) is 60.7 Å². The van der Waals surface area contributed by atoms with Crippen molar-refractivity contribution in [1.82, 2.24) is 0 Å². The summed E-state index contributed by atoms with van der Waals surface area (Å²) in [6, 6.07) is 20.9. The fraction of sp³-hybridized carbons (Fsp3) is 0.333. The quantitative estimate of drug-likeness (QED) is 0.797. The molecule has 0 saturated carbocycles. The van der Waals surface area contributed by atoms with Crippen molar-refractivity contribution in [2.45, 2.75) is 18.4 Å². The first kappa shape index (κ1) is 14.8. The summed E-state index contributed by atoms with van der Waals surface area (Å²) in [7, 11) is 3.49. The van der Waals surface area contributed by atoms with E-state index in [9.17, 15) is 0 Å². The highest BCUT2D eigenvalue weighted by Gasteiger charge is 2.40. The fourth-order valence-electron chi connectivity index (χ4n) is 2.82. The van der Waals surface area contributed by atoms with Gasteiger partial charge in [-0.15, -0.1) is 0 Å². The third-order valence-corrected chi connectivity index (χ3v) is 4.00. The van der Waals surface area contributed by atoms with Crippen LogP contribution in [0.25, 0.3) is 0 Å². The molecule has 0 N–H and O–H groups in total. The van der Waals surface area contributed by atoms with Crippen LogP contribution in [0.15, 0.2) is 60.7 Å². The molecule has 2 rings (SSSR count). The highest BCUT2D eigenvalue weighted by atomic mass is 16.5. The van der Waals surface area contributed by atoms with Crippen LogP contribution < -0.4 is 0 Å². The molecule has 0 aliphatic carbocycles. The first-order chi connectivity index (χ1) is 9.75. The van der Waals surface area contributed by atoms with Crippen molar-refractivity contribution >= 4 is 0 Å². The largest absolute Gasteiger partial charge is 0.383 e. The van der Waals surface area contributed by atoms with Crippen LogP contribution in [0.2, 0.25) is 0 Å². The molecule has 2 aromatic rings. The Morgan fingerprint density at radius 1 is 0.850 bits per heavy atom. The molecule has 1 unspecified atom stereocenters. The lowest BCUT2D eigenvalue weighted by molar-refractivity contribution is 0.0204. The zero-order valence-corrected chi connectivity index (χ0v) is 12.4. The van der Waals surface area contributed by atoms with Crippen LogP contribution in [0.1, 0.15) is 18.1 Å². The maximum absolute atomic E-state index is 5.70. The average Bonchev–Trinajstić information content (AvgIpc) is 2.53. The van der Waals surface area contributed by atoms with Crippen LogP contribution in [0.3, 0.4) is 0 Å². The molecule has 0 aromatic heterocycles. The minimum Gasteiger partial charge on any atom is -0.383 e. The van der Waals surface area contributed by atoms with E-state index in [-0.39, 0.29) is 11.5 Å². The molecule has 0 aliphatic heterocycles. The Labute approximate surface area is 121 Å². The van der Waals surface area contributed by atoms with Crippen LogP contribution in [0.5, 0.6) is 0 Å².